The number of nitro groups is 1. The summed E-state index contributed by atoms with van der Waals surface area (Å²) in [6.07, 6.45) is 0. The lowest BCUT2D eigenvalue weighted by atomic mass is 10.1. The Labute approximate surface area is 78.5 Å². The first-order valence-electron chi connectivity index (χ1n) is 3.73. The lowest BCUT2D eigenvalue weighted by Crippen LogP contribution is -2.15. The Kier molecular flexibility index (Phi) is 2.88. The van der Waals surface area contributed by atoms with Crippen LogP contribution in [0.5, 0.6) is 0 Å². The first-order chi connectivity index (χ1) is 6.56. The number of hydrogen-bond acceptors (Lipinski definition) is 4. The molecule has 0 amide bonds. The van der Waals surface area contributed by atoms with Gasteiger partial charge in [-0.2, -0.15) is 0 Å². The first kappa shape index (κ1) is 10.3. The highest BCUT2D eigenvalue weighted by molar-refractivity contribution is 5.97. The smallest absolute Gasteiger partial charge is 0.272 e. The minimum Gasteiger partial charge on any atom is -0.324 e. The Morgan fingerprint density at radius 2 is 2.21 bits per heavy atom. The van der Waals surface area contributed by atoms with Gasteiger partial charge in [-0.1, -0.05) is 0 Å². The summed E-state index contributed by atoms with van der Waals surface area (Å²) in [5.74, 6) is -1.51. The molecule has 0 fully saturated rings. The lowest BCUT2D eigenvalue weighted by Gasteiger charge is -1.99. The van der Waals surface area contributed by atoms with E-state index in [9.17, 15) is 19.3 Å². The number of nitrogens with zero attached hydrogens (tertiary/aromatic N) is 1. The van der Waals surface area contributed by atoms with Gasteiger partial charge in [0.25, 0.3) is 5.69 Å². The maximum Gasteiger partial charge on any atom is 0.272 e. The normalized spacial score (nSPS) is 9.86. The highest BCUT2D eigenvalue weighted by Crippen LogP contribution is 2.16. The van der Waals surface area contributed by atoms with Gasteiger partial charge in [0.05, 0.1) is 23.1 Å². The number of Topliss-reactive ketones (excluding diaryl/α,β-unsaturated/α-hetero) is 1. The molecule has 2 N–H and O–H groups in total. The van der Waals surface area contributed by atoms with E-state index in [4.69, 9.17) is 5.73 Å². The van der Waals surface area contributed by atoms with Crippen LogP contribution < -0.4 is 5.73 Å². The number of carbonyl (C=O) groups excluding carboxylic acids is 1. The maximum atomic E-state index is 13.1. The molecule has 0 radical (unpaired) electrons. The van der Waals surface area contributed by atoms with Gasteiger partial charge in [-0.15, -0.1) is 0 Å². The second kappa shape index (κ2) is 3.93. The van der Waals surface area contributed by atoms with Crippen molar-refractivity contribution in [3.05, 3.63) is 39.7 Å². The van der Waals surface area contributed by atoms with Gasteiger partial charge in [-0.3, -0.25) is 14.9 Å². The van der Waals surface area contributed by atoms with E-state index in [-0.39, 0.29) is 12.1 Å². The number of nitrogens with two attached hydrogens (primary N) is 1. The fourth-order valence-electron chi connectivity index (χ4n) is 0.954. The molecule has 0 unspecified atom stereocenters. The van der Waals surface area contributed by atoms with E-state index in [0.717, 1.165) is 12.1 Å². The molecule has 1 rings (SSSR count). The largest absolute Gasteiger partial charge is 0.324 e. The average molecular weight is 198 g/mol. The number of rotatable bonds is 3. The zero-order valence-corrected chi connectivity index (χ0v) is 7.07. The first-order valence-corrected chi connectivity index (χ1v) is 3.73. The summed E-state index contributed by atoms with van der Waals surface area (Å²) in [6, 6.07) is 2.82. The monoisotopic (exact) mass is 198 g/mol. The average Bonchev–Trinajstić information content (AvgIpc) is 2.16. The molecular weight excluding hydrogens is 191 g/mol. The topological polar surface area (TPSA) is 86.2 Å². The van der Waals surface area contributed by atoms with Crippen LogP contribution >= 0.6 is 0 Å². The Bertz CT molecular complexity index is 392. The summed E-state index contributed by atoms with van der Waals surface area (Å²) in [4.78, 5) is 20.5. The number of hydrogen-bond donors (Lipinski definition) is 1. The summed E-state index contributed by atoms with van der Waals surface area (Å²) in [5, 5.41) is 10.2. The molecule has 0 heterocycles. The molecule has 0 aliphatic carbocycles. The number of ketones is 1. The number of benzene rings is 1. The van der Waals surface area contributed by atoms with Crippen molar-refractivity contribution in [2.24, 2.45) is 5.73 Å². The van der Waals surface area contributed by atoms with E-state index in [1.54, 1.807) is 0 Å². The molecule has 0 aliphatic heterocycles. The molecule has 6 heteroatoms. The van der Waals surface area contributed by atoms with E-state index in [1.807, 2.05) is 0 Å². The summed E-state index contributed by atoms with van der Waals surface area (Å²) in [6.45, 7) is -0.325. The van der Waals surface area contributed by atoms with Gasteiger partial charge in [-0.25, -0.2) is 4.39 Å². The molecule has 0 aliphatic rings. The Morgan fingerprint density at radius 3 is 2.64 bits per heavy atom. The molecule has 0 aromatic heterocycles. The van der Waals surface area contributed by atoms with Crippen LogP contribution in [0.2, 0.25) is 0 Å². The SMILES string of the molecule is NCC(=O)c1ccc([N+](=O)[O-])cc1F. The van der Waals surface area contributed by atoms with Crippen molar-refractivity contribution in [3.63, 3.8) is 0 Å². The fourth-order valence-corrected chi connectivity index (χ4v) is 0.954. The Hall–Kier alpha value is -1.82. The third-order valence-corrected chi connectivity index (χ3v) is 1.65. The van der Waals surface area contributed by atoms with Gasteiger partial charge in [0.1, 0.15) is 5.82 Å². The minimum absolute atomic E-state index is 0.224. The van der Waals surface area contributed by atoms with Crippen molar-refractivity contribution in [2.75, 3.05) is 6.54 Å². The molecule has 1 aromatic rings. The Morgan fingerprint density at radius 1 is 1.57 bits per heavy atom. The van der Waals surface area contributed by atoms with Crippen LogP contribution in [0.25, 0.3) is 0 Å². The number of halogens is 1. The van der Waals surface area contributed by atoms with Crippen molar-refractivity contribution in [3.8, 4) is 0 Å². The molecule has 0 spiro atoms. The molecule has 74 valence electrons. The number of non-ortho nitro benzene ring substituents is 1. The van der Waals surface area contributed by atoms with Crippen molar-refractivity contribution < 1.29 is 14.1 Å². The minimum atomic E-state index is -0.922. The van der Waals surface area contributed by atoms with Crippen LogP contribution in [0.15, 0.2) is 18.2 Å². The Balaban J connectivity index is 3.14. The third-order valence-electron chi connectivity index (χ3n) is 1.65. The van der Waals surface area contributed by atoms with Gasteiger partial charge >= 0.3 is 0 Å². The van der Waals surface area contributed by atoms with E-state index >= 15 is 0 Å². The highest BCUT2D eigenvalue weighted by atomic mass is 19.1. The molecule has 0 bridgehead atoms. The fraction of sp³-hybridized carbons (Fsp3) is 0.125. The highest BCUT2D eigenvalue weighted by Gasteiger charge is 2.14. The quantitative estimate of drug-likeness (QED) is 0.443. The zero-order valence-electron chi connectivity index (χ0n) is 7.07. The third kappa shape index (κ3) is 1.91. The van der Waals surface area contributed by atoms with E-state index < -0.39 is 22.2 Å². The van der Waals surface area contributed by atoms with Crippen molar-refractivity contribution in [1.29, 1.82) is 0 Å². The summed E-state index contributed by atoms with van der Waals surface area (Å²) < 4.78 is 13.1. The molecule has 0 atom stereocenters. The second-order valence-electron chi connectivity index (χ2n) is 2.55. The van der Waals surface area contributed by atoms with Crippen molar-refractivity contribution in [1.82, 2.24) is 0 Å². The van der Waals surface area contributed by atoms with Crippen LogP contribution in [0.4, 0.5) is 10.1 Å². The predicted molar refractivity (Wildman–Crippen MR) is 46.4 cm³/mol. The zero-order chi connectivity index (χ0) is 10.7. The molecule has 14 heavy (non-hydrogen) atoms. The van der Waals surface area contributed by atoms with Crippen molar-refractivity contribution >= 4 is 11.5 Å². The summed E-state index contributed by atoms with van der Waals surface area (Å²) >= 11 is 0. The number of nitro benzene ring substituents is 1. The van der Waals surface area contributed by atoms with Crippen LogP contribution in [0.3, 0.4) is 0 Å². The van der Waals surface area contributed by atoms with Crippen LogP contribution in [-0.4, -0.2) is 17.3 Å². The molecular formula is C8H7FN2O3. The number of carbonyl (C=O) groups is 1. The van der Waals surface area contributed by atoms with Crippen LogP contribution in [0.1, 0.15) is 10.4 Å². The van der Waals surface area contributed by atoms with Gasteiger partial charge in [-0.05, 0) is 6.07 Å². The standard InChI is InChI=1S/C8H7FN2O3/c9-7-3-5(11(13)14)1-2-6(7)8(12)4-10/h1-3H,4,10H2. The van der Waals surface area contributed by atoms with Gasteiger partial charge in [0.2, 0.25) is 0 Å². The molecule has 5 nitrogen and oxygen atoms in total. The molecule has 0 saturated heterocycles. The van der Waals surface area contributed by atoms with E-state index in [0.29, 0.717) is 6.07 Å². The van der Waals surface area contributed by atoms with Crippen LogP contribution in [-0.2, 0) is 0 Å². The van der Waals surface area contributed by atoms with Gasteiger partial charge in [0.15, 0.2) is 5.78 Å². The van der Waals surface area contributed by atoms with Gasteiger partial charge in [0, 0.05) is 6.07 Å². The van der Waals surface area contributed by atoms with Crippen molar-refractivity contribution in [2.45, 2.75) is 0 Å². The lowest BCUT2D eigenvalue weighted by molar-refractivity contribution is -0.385. The predicted octanol–water partition coefficient (Wildman–Crippen LogP) is 0.875. The molecule has 0 saturated carbocycles. The van der Waals surface area contributed by atoms with E-state index in [2.05, 4.69) is 0 Å². The second-order valence-corrected chi connectivity index (χ2v) is 2.55. The van der Waals surface area contributed by atoms with Gasteiger partial charge < -0.3 is 5.73 Å². The molecule has 1 aromatic carbocycles. The maximum absolute atomic E-state index is 13.1. The van der Waals surface area contributed by atoms with Crippen LogP contribution in [0, 0.1) is 15.9 Å². The van der Waals surface area contributed by atoms with E-state index in [1.165, 1.54) is 0 Å². The summed E-state index contributed by atoms with van der Waals surface area (Å²) in [5.41, 5.74) is 4.40. The summed E-state index contributed by atoms with van der Waals surface area (Å²) in [7, 11) is 0.